The second-order valence-corrected chi connectivity index (χ2v) is 10.2. The average molecular weight is 516 g/mol. The number of esters is 1. The number of hydrogen-bond donors (Lipinski definition) is 2. The van der Waals surface area contributed by atoms with Crippen LogP contribution in [0.1, 0.15) is 85.4 Å². The molecule has 37 heavy (non-hydrogen) atoms. The molecule has 0 spiro atoms. The SMILES string of the molecule is C#Cc1ccccc1C(C(=O)NCCC(=O)OCC)N(C(=O)C(C)NC(=O)OC(C)(C)C)C(C)(C)CC. The summed E-state index contributed by atoms with van der Waals surface area (Å²) >= 11 is 0. The summed E-state index contributed by atoms with van der Waals surface area (Å²) in [4.78, 5) is 53.2. The zero-order valence-corrected chi connectivity index (χ0v) is 23.3. The van der Waals surface area contributed by atoms with Gasteiger partial charge in [0.1, 0.15) is 17.7 Å². The number of ether oxygens (including phenoxy) is 2. The van der Waals surface area contributed by atoms with Crippen molar-refractivity contribution in [2.24, 2.45) is 0 Å². The fourth-order valence-electron chi connectivity index (χ4n) is 3.58. The van der Waals surface area contributed by atoms with Gasteiger partial charge in [0.15, 0.2) is 0 Å². The molecule has 0 aliphatic heterocycles. The molecule has 1 aromatic rings. The first-order chi connectivity index (χ1) is 17.2. The molecule has 9 nitrogen and oxygen atoms in total. The van der Waals surface area contributed by atoms with Gasteiger partial charge in [0.05, 0.1) is 13.0 Å². The average Bonchev–Trinajstić information content (AvgIpc) is 2.80. The highest BCUT2D eigenvalue weighted by Gasteiger charge is 2.42. The molecule has 0 fully saturated rings. The van der Waals surface area contributed by atoms with Crippen LogP contribution in [0.3, 0.4) is 0 Å². The largest absolute Gasteiger partial charge is 0.466 e. The summed E-state index contributed by atoms with van der Waals surface area (Å²) < 4.78 is 10.2. The second-order valence-electron chi connectivity index (χ2n) is 10.2. The van der Waals surface area contributed by atoms with Gasteiger partial charge in [-0.25, -0.2) is 4.79 Å². The summed E-state index contributed by atoms with van der Waals surface area (Å²) in [7, 11) is 0. The number of benzene rings is 1. The molecule has 0 radical (unpaired) electrons. The normalized spacial score (nSPS) is 12.9. The summed E-state index contributed by atoms with van der Waals surface area (Å²) in [6.07, 6.45) is 5.48. The number of rotatable bonds is 11. The molecule has 0 aromatic heterocycles. The molecule has 0 saturated carbocycles. The zero-order chi connectivity index (χ0) is 28.4. The lowest BCUT2D eigenvalue weighted by molar-refractivity contribution is -0.149. The Morgan fingerprint density at radius 1 is 1.08 bits per heavy atom. The minimum atomic E-state index is -1.13. The highest BCUT2D eigenvalue weighted by atomic mass is 16.6. The van der Waals surface area contributed by atoms with Crippen molar-refractivity contribution in [3.05, 3.63) is 35.4 Å². The van der Waals surface area contributed by atoms with Gasteiger partial charge in [-0.05, 0) is 66.5 Å². The van der Waals surface area contributed by atoms with Crippen LogP contribution in [0.4, 0.5) is 4.79 Å². The smallest absolute Gasteiger partial charge is 0.408 e. The Labute approximate surface area is 220 Å². The van der Waals surface area contributed by atoms with Gasteiger partial charge in [-0.2, -0.15) is 0 Å². The molecule has 2 atom stereocenters. The third kappa shape index (κ3) is 9.45. The second kappa shape index (κ2) is 13.7. The molecule has 3 amide bonds. The van der Waals surface area contributed by atoms with E-state index in [2.05, 4.69) is 16.6 Å². The maximum Gasteiger partial charge on any atom is 0.408 e. The Morgan fingerprint density at radius 3 is 2.24 bits per heavy atom. The first-order valence-corrected chi connectivity index (χ1v) is 12.5. The minimum absolute atomic E-state index is 0.0205. The monoisotopic (exact) mass is 515 g/mol. The molecule has 1 aromatic carbocycles. The Morgan fingerprint density at radius 2 is 1.70 bits per heavy atom. The van der Waals surface area contributed by atoms with E-state index in [1.54, 1.807) is 52.0 Å². The fraction of sp³-hybridized carbons (Fsp3) is 0.571. The topological polar surface area (TPSA) is 114 Å². The maximum absolute atomic E-state index is 13.9. The van der Waals surface area contributed by atoms with Crippen molar-refractivity contribution in [3.63, 3.8) is 0 Å². The van der Waals surface area contributed by atoms with Crippen molar-refractivity contribution in [1.82, 2.24) is 15.5 Å². The zero-order valence-electron chi connectivity index (χ0n) is 23.3. The first kappa shape index (κ1) is 31.5. The molecule has 0 heterocycles. The lowest BCUT2D eigenvalue weighted by atomic mass is 9.90. The molecule has 9 heteroatoms. The third-order valence-corrected chi connectivity index (χ3v) is 5.71. The van der Waals surface area contributed by atoms with E-state index >= 15 is 0 Å². The van der Waals surface area contributed by atoms with Gasteiger partial charge >= 0.3 is 12.1 Å². The van der Waals surface area contributed by atoms with E-state index in [1.165, 1.54) is 11.8 Å². The Kier molecular flexibility index (Phi) is 11.6. The molecule has 2 N–H and O–H groups in total. The van der Waals surface area contributed by atoms with E-state index < -0.39 is 47.1 Å². The fourth-order valence-corrected chi connectivity index (χ4v) is 3.58. The van der Waals surface area contributed by atoms with Gasteiger partial charge in [-0.1, -0.05) is 31.0 Å². The van der Waals surface area contributed by atoms with E-state index in [1.807, 2.05) is 20.8 Å². The first-order valence-electron chi connectivity index (χ1n) is 12.5. The number of alkyl carbamates (subject to hydrolysis) is 1. The number of nitrogens with one attached hydrogen (secondary N) is 2. The van der Waals surface area contributed by atoms with Crippen LogP contribution in [0.5, 0.6) is 0 Å². The van der Waals surface area contributed by atoms with Crippen LogP contribution in [0.2, 0.25) is 0 Å². The predicted molar refractivity (Wildman–Crippen MR) is 141 cm³/mol. The van der Waals surface area contributed by atoms with Gasteiger partial charge in [0.2, 0.25) is 11.8 Å². The van der Waals surface area contributed by atoms with Gasteiger partial charge in [0, 0.05) is 17.6 Å². The van der Waals surface area contributed by atoms with Crippen LogP contribution < -0.4 is 10.6 Å². The van der Waals surface area contributed by atoms with Gasteiger partial charge < -0.3 is 25.0 Å². The van der Waals surface area contributed by atoms with Crippen molar-refractivity contribution in [2.45, 2.75) is 91.5 Å². The summed E-state index contributed by atoms with van der Waals surface area (Å²) in [5.41, 5.74) is -0.655. The number of nitrogens with zero attached hydrogens (tertiary/aromatic N) is 1. The van der Waals surface area contributed by atoms with E-state index in [9.17, 15) is 19.2 Å². The van der Waals surface area contributed by atoms with Crippen LogP contribution in [-0.2, 0) is 23.9 Å². The summed E-state index contributed by atoms with van der Waals surface area (Å²) in [6, 6.07) is 4.74. The third-order valence-electron chi connectivity index (χ3n) is 5.71. The Bertz CT molecular complexity index is 1010. The number of carbonyl (C=O) groups excluding carboxylic acids is 4. The Hall–Kier alpha value is -3.54. The molecule has 2 unspecified atom stereocenters. The molecular formula is C28H41N3O6. The van der Waals surface area contributed by atoms with E-state index in [0.29, 0.717) is 17.5 Å². The number of carbonyl (C=O) groups is 4. The summed E-state index contributed by atoms with van der Waals surface area (Å²) in [6.45, 7) is 14.2. The van der Waals surface area contributed by atoms with E-state index in [4.69, 9.17) is 15.9 Å². The molecule has 0 saturated heterocycles. The maximum atomic E-state index is 13.9. The highest BCUT2D eigenvalue weighted by Crippen LogP contribution is 2.33. The van der Waals surface area contributed by atoms with E-state index in [0.717, 1.165) is 0 Å². The number of hydrogen-bond acceptors (Lipinski definition) is 6. The van der Waals surface area contributed by atoms with Gasteiger partial charge in [-0.3, -0.25) is 14.4 Å². The van der Waals surface area contributed by atoms with Crippen LogP contribution in [0.15, 0.2) is 24.3 Å². The molecule has 0 aliphatic rings. The molecule has 204 valence electrons. The number of terminal acetylenes is 1. The quantitative estimate of drug-likeness (QED) is 0.343. The van der Waals surface area contributed by atoms with Crippen LogP contribution in [0.25, 0.3) is 0 Å². The molecule has 0 bridgehead atoms. The predicted octanol–water partition coefficient (Wildman–Crippen LogP) is 3.71. The molecule has 0 aliphatic carbocycles. The van der Waals surface area contributed by atoms with Crippen molar-refractivity contribution < 1.29 is 28.7 Å². The minimum Gasteiger partial charge on any atom is -0.466 e. The van der Waals surface area contributed by atoms with E-state index in [-0.39, 0.29) is 19.6 Å². The lowest BCUT2D eigenvalue weighted by Crippen LogP contribution is -2.58. The van der Waals surface area contributed by atoms with Crippen molar-refractivity contribution in [1.29, 1.82) is 0 Å². The van der Waals surface area contributed by atoms with Crippen LogP contribution in [-0.4, -0.2) is 59.1 Å². The Balaban J connectivity index is 3.47. The molecular weight excluding hydrogens is 474 g/mol. The van der Waals surface area contributed by atoms with Crippen molar-refractivity contribution in [3.8, 4) is 12.3 Å². The summed E-state index contributed by atoms with van der Waals surface area (Å²) in [5, 5.41) is 5.32. The number of amides is 3. The lowest BCUT2D eigenvalue weighted by Gasteiger charge is -2.44. The van der Waals surface area contributed by atoms with Crippen molar-refractivity contribution >= 4 is 23.9 Å². The van der Waals surface area contributed by atoms with Gasteiger partial charge in [-0.15, -0.1) is 6.42 Å². The standard InChI is InChI=1S/C28H41N3O6/c1-10-20-15-13-14-16-21(20)23(24(33)29-18-17-22(32)36-12-3)31(28(8,9)11-2)25(34)19(4)30-26(35)37-27(5,6)7/h1,13-16,19,23H,11-12,17-18H2,2-9H3,(H,29,33)(H,30,35). The molecule has 1 rings (SSSR count). The van der Waals surface area contributed by atoms with Gasteiger partial charge in [0.25, 0.3) is 0 Å². The highest BCUT2D eigenvalue weighted by molar-refractivity contribution is 5.93. The van der Waals surface area contributed by atoms with Crippen LogP contribution in [0, 0.1) is 12.3 Å². The van der Waals surface area contributed by atoms with Crippen molar-refractivity contribution in [2.75, 3.05) is 13.2 Å². The summed E-state index contributed by atoms with van der Waals surface area (Å²) in [5.74, 6) is 1.15. The van der Waals surface area contributed by atoms with Crippen LogP contribution >= 0.6 is 0 Å².